The van der Waals surface area contributed by atoms with Crippen LogP contribution in [0.25, 0.3) is 0 Å². The van der Waals surface area contributed by atoms with Gasteiger partial charge in [0, 0.05) is 18.1 Å². The Morgan fingerprint density at radius 3 is 2.67 bits per heavy atom. The molecule has 1 unspecified atom stereocenters. The van der Waals surface area contributed by atoms with Gasteiger partial charge in [0.1, 0.15) is 12.6 Å². The van der Waals surface area contributed by atoms with E-state index in [1.165, 1.54) is 0 Å². The Balaban J connectivity index is 0.00000400. The number of ether oxygens (including phenoxy) is 1. The second kappa shape index (κ2) is 11.4. The summed E-state index contributed by atoms with van der Waals surface area (Å²) in [6, 6.07) is 8.92. The van der Waals surface area contributed by atoms with Crippen molar-refractivity contribution in [3.05, 3.63) is 35.9 Å². The average Bonchev–Trinajstić information content (AvgIpc) is 2.45. The van der Waals surface area contributed by atoms with Crippen LogP contribution in [0.1, 0.15) is 12.5 Å². The van der Waals surface area contributed by atoms with E-state index in [1.807, 2.05) is 30.3 Å². The van der Waals surface area contributed by atoms with Crippen LogP contribution in [0.5, 0.6) is 0 Å². The maximum Gasteiger partial charge on any atom is 0.324 e. The second-order valence-corrected chi connectivity index (χ2v) is 5.45. The number of nitrogens with two attached hydrogens (primary N) is 2. The monoisotopic (exact) mass is 331 g/mol. The van der Waals surface area contributed by atoms with E-state index >= 15 is 0 Å². The molecular weight excluding hydrogens is 310 g/mol. The Kier molecular flexibility index (Phi) is 10.7. The van der Waals surface area contributed by atoms with Crippen molar-refractivity contribution in [2.75, 3.05) is 18.1 Å². The molecule has 0 heterocycles. The molecule has 0 aliphatic carbocycles. The molecule has 0 fully saturated rings. The van der Waals surface area contributed by atoms with Crippen molar-refractivity contribution in [2.24, 2.45) is 16.5 Å². The van der Waals surface area contributed by atoms with Crippen LogP contribution in [0.4, 0.5) is 0 Å². The summed E-state index contributed by atoms with van der Waals surface area (Å²) in [5.41, 5.74) is 12.1. The van der Waals surface area contributed by atoms with Gasteiger partial charge in [0.2, 0.25) is 0 Å². The molecule has 0 spiro atoms. The molecule has 0 saturated carbocycles. The lowest BCUT2D eigenvalue weighted by molar-refractivity contribution is -0.145. The Morgan fingerprint density at radius 2 is 2.05 bits per heavy atom. The number of aliphatic imine (C=N–C) groups is 1. The molecule has 0 radical (unpaired) electrons. The van der Waals surface area contributed by atoms with Crippen molar-refractivity contribution in [1.29, 1.82) is 0 Å². The molecule has 1 atom stereocenters. The largest absolute Gasteiger partial charge is 0.460 e. The summed E-state index contributed by atoms with van der Waals surface area (Å²) >= 11 is 1.56. The van der Waals surface area contributed by atoms with Gasteiger partial charge in [-0.05, 0) is 12.5 Å². The number of hydrogen-bond acceptors (Lipinski definition) is 5. The quantitative estimate of drug-likeness (QED) is 0.327. The van der Waals surface area contributed by atoms with E-state index < -0.39 is 6.04 Å². The van der Waals surface area contributed by atoms with Crippen LogP contribution in [0.3, 0.4) is 0 Å². The van der Waals surface area contributed by atoms with Crippen LogP contribution in [-0.2, 0) is 16.1 Å². The summed E-state index contributed by atoms with van der Waals surface area (Å²) < 4.78 is 5.16. The van der Waals surface area contributed by atoms with Crippen molar-refractivity contribution < 1.29 is 9.53 Å². The van der Waals surface area contributed by atoms with Gasteiger partial charge in [-0.1, -0.05) is 30.3 Å². The Bertz CT molecular complexity index is 439. The van der Waals surface area contributed by atoms with E-state index in [1.54, 1.807) is 18.7 Å². The van der Waals surface area contributed by atoms with Gasteiger partial charge < -0.3 is 16.2 Å². The lowest BCUT2D eigenvalue weighted by Gasteiger charge is -2.11. The summed E-state index contributed by atoms with van der Waals surface area (Å²) in [4.78, 5) is 15.7. The molecule has 0 aliphatic heterocycles. The second-order valence-electron chi connectivity index (χ2n) is 4.30. The van der Waals surface area contributed by atoms with Gasteiger partial charge in [-0.15, -0.1) is 12.4 Å². The third-order valence-corrected chi connectivity index (χ3v) is 3.49. The Morgan fingerprint density at radius 1 is 1.38 bits per heavy atom. The minimum Gasteiger partial charge on any atom is -0.460 e. The van der Waals surface area contributed by atoms with Crippen LogP contribution in [0.15, 0.2) is 35.3 Å². The third kappa shape index (κ3) is 9.33. The first-order valence-corrected chi connectivity index (χ1v) is 7.55. The Hall–Kier alpha value is -1.24. The van der Waals surface area contributed by atoms with Gasteiger partial charge in [0.25, 0.3) is 0 Å². The number of hydrogen-bond donors (Lipinski definition) is 2. The van der Waals surface area contributed by atoms with Gasteiger partial charge in [-0.25, -0.2) is 0 Å². The van der Waals surface area contributed by atoms with Crippen molar-refractivity contribution in [2.45, 2.75) is 19.6 Å². The van der Waals surface area contributed by atoms with E-state index in [9.17, 15) is 4.79 Å². The van der Waals surface area contributed by atoms with E-state index in [0.29, 0.717) is 18.1 Å². The number of amidine groups is 1. The SMILES string of the molecule is CC(N)=NCCSCC(N)C(=O)OCc1ccccc1.Cl. The van der Waals surface area contributed by atoms with Crippen molar-refractivity contribution in [3.8, 4) is 0 Å². The third-order valence-electron chi connectivity index (χ3n) is 2.42. The first kappa shape index (κ1) is 19.8. The fourth-order valence-electron chi connectivity index (χ4n) is 1.40. The number of nitrogens with zero attached hydrogens (tertiary/aromatic N) is 1. The molecule has 1 rings (SSSR count). The van der Waals surface area contributed by atoms with Gasteiger partial charge >= 0.3 is 5.97 Å². The predicted octanol–water partition coefficient (Wildman–Crippen LogP) is 1.59. The van der Waals surface area contributed by atoms with Gasteiger partial charge in [-0.2, -0.15) is 11.8 Å². The highest BCUT2D eigenvalue weighted by Gasteiger charge is 2.14. The minimum atomic E-state index is -0.605. The van der Waals surface area contributed by atoms with Crippen molar-refractivity contribution in [3.63, 3.8) is 0 Å². The molecule has 1 aromatic carbocycles. The number of thioether (sulfide) groups is 1. The van der Waals surface area contributed by atoms with Crippen LogP contribution >= 0.6 is 24.2 Å². The summed E-state index contributed by atoms with van der Waals surface area (Å²) in [6.07, 6.45) is 0. The maximum atomic E-state index is 11.7. The normalized spacial score (nSPS) is 12.4. The molecule has 4 N–H and O–H groups in total. The fraction of sp³-hybridized carbons (Fsp3) is 0.429. The first-order chi connectivity index (χ1) is 9.59. The molecule has 1 aromatic rings. The highest BCUT2D eigenvalue weighted by Crippen LogP contribution is 2.05. The summed E-state index contributed by atoms with van der Waals surface area (Å²) in [5.74, 6) is 1.50. The molecule has 21 heavy (non-hydrogen) atoms. The van der Waals surface area contributed by atoms with Gasteiger partial charge in [0.05, 0.1) is 5.84 Å². The number of esters is 1. The first-order valence-electron chi connectivity index (χ1n) is 6.40. The zero-order valence-corrected chi connectivity index (χ0v) is 13.7. The summed E-state index contributed by atoms with van der Waals surface area (Å²) in [7, 11) is 0. The highest BCUT2D eigenvalue weighted by atomic mass is 35.5. The molecule has 0 bridgehead atoms. The maximum absolute atomic E-state index is 11.7. The smallest absolute Gasteiger partial charge is 0.324 e. The number of carbonyl (C=O) groups excluding carboxylic acids is 1. The van der Waals surface area contributed by atoms with E-state index in [-0.39, 0.29) is 25.0 Å². The molecule has 7 heteroatoms. The number of carbonyl (C=O) groups is 1. The van der Waals surface area contributed by atoms with Crippen LogP contribution < -0.4 is 11.5 Å². The lowest BCUT2D eigenvalue weighted by Crippen LogP contribution is -2.34. The predicted molar refractivity (Wildman–Crippen MR) is 90.9 cm³/mol. The minimum absolute atomic E-state index is 0. The molecular formula is C14H22ClN3O2S. The molecule has 0 saturated heterocycles. The summed E-state index contributed by atoms with van der Waals surface area (Å²) in [6.45, 7) is 2.64. The number of benzene rings is 1. The standard InChI is InChI=1S/C14H21N3O2S.ClH/c1-11(15)17-7-8-20-10-13(16)14(18)19-9-12-5-3-2-4-6-12;/h2-6,13H,7-10,16H2,1H3,(H2,15,17);1H. The van der Waals surface area contributed by atoms with E-state index in [0.717, 1.165) is 11.3 Å². The molecule has 0 aromatic heterocycles. The number of halogens is 1. The molecule has 0 aliphatic rings. The van der Waals surface area contributed by atoms with E-state index in [2.05, 4.69) is 4.99 Å². The fourth-order valence-corrected chi connectivity index (χ4v) is 2.18. The van der Waals surface area contributed by atoms with E-state index in [4.69, 9.17) is 16.2 Å². The summed E-state index contributed by atoms with van der Waals surface area (Å²) in [5, 5.41) is 0. The lowest BCUT2D eigenvalue weighted by atomic mass is 10.2. The molecule has 118 valence electrons. The molecule has 5 nitrogen and oxygen atoms in total. The zero-order valence-electron chi connectivity index (χ0n) is 12.0. The Labute approximate surface area is 135 Å². The van der Waals surface area contributed by atoms with Gasteiger partial charge in [-0.3, -0.25) is 9.79 Å². The van der Waals surface area contributed by atoms with Crippen LogP contribution in [-0.4, -0.2) is 35.9 Å². The zero-order chi connectivity index (χ0) is 14.8. The van der Waals surface area contributed by atoms with Gasteiger partial charge in [0.15, 0.2) is 0 Å². The number of rotatable bonds is 8. The van der Waals surface area contributed by atoms with Crippen LogP contribution in [0, 0.1) is 0 Å². The van der Waals surface area contributed by atoms with Crippen molar-refractivity contribution in [1.82, 2.24) is 0 Å². The molecule has 0 amide bonds. The topological polar surface area (TPSA) is 90.7 Å². The van der Waals surface area contributed by atoms with Crippen LogP contribution in [0.2, 0.25) is 0 Å². The highest BCUT2D eigenvalue weighted by molar-refractivity contribution is 7.99. The average molecular weight is 332 g/mol. The van der Waals surface area contributed by atoms with Crippen molar-refractivity contribution >= 4 is 36.0 Å².